The van der Waals surface area contributed by atoms with Gasteiger partial charge in [-0.1, -0.05) is 18.2 Å². The molecular formula is C25H33N3O2. The van der Waals surface area contributed by atoms with E-state index in [0.29, 0.717) is 0 Å². The molecule has 1 N–H and O–H groups in total. The van der Waals surface area contributed by atoms with E-state index < -0.39 is 0 Å². The summed E-state index contributed by atoms with van der Waals surface area (Å²) in [6.07, 6.45) is 0.876. The fourth-order valence-electron chi connectivity index (χ4n) is 4.92. The van der Waals surface area contributed by atoms with E-state index in [1.807, 2.05) is 0 Å². The van der Waals surface area contributed by atoms with E-state index in [9.17, 15) is 4.79 Å². The molecule has 5 nitrogen and oxygen atoms in total. The lowest BCUT2D eigenvalue weighted by molar-refractivity contribution is -0.114. The summed E-state index contributed by atoms with van der Waals surface area (Å²) >= 11 is 0. The van der Waals surface area contributed by atoms with Crippen LogP contribution in [0.1, 0.15) is 36.1 Å². The Hall–Kier alpha value is -2.53. The number of piperazine rings is 1. The van der Waals surface area contributed by atoms with E-state index in [1.165, 1.54) is 11.3 Å². The highest BCUT2D eigenvalue weighted by molar-refractivity contribution is 5.91. The van der Waals surface area contributed by atoms with Gasteiger partial charge in [0.25, 0.3) is 0 Å². The Morgan fingerprint density at radius 3 is 2.33 bits per heavy atom. The number of para-hydroxylation sites is 1. The van der Waals surface area contributed by atoms with Gasteiger partial charge in [-0.2, -0.15) is 0 Å². The van der Waals surface area contributed by atoms with E-state index in [-0.39, 0.29) is 11.5 Å². The summed E-state index contributed by atoms with van der Waals surface area (Å²) in [5, 5.41) is 3.03. The Balaban J connectivity index is 1.46. The number of amides is 1. The molecule has 5 heteroatoms. The molecule has 2 aromatic rings. The highest BCUT2D eigenvalue weighted by atomic mass is 16.5. The molecule has 0 radical (unpaired) electrons. The smallest absolute Gasteiger partial charge is 0.221 e. The van der Waals surface area contributed by atoms with Crippen LogP contribution < -0.4 is 15.0 Å². The van der Waals surface area contributed by atoms with Crippen LogP contribution in [0, 0.1) is 20.8 Å². The predicted octanol–water partition coefficient (Wildman–Crippen LogP) is 4.09. The molecule has 0 aromatic heterocycles. The number of ether oxygens (including phenoxy) is 1. The van der Waals surface area contributed by atoms with E-state index in [2.05, 4.69) is 73.1 Å². The first-order valence-corrected chi connectivity index (χ1v) is 10.9. The van der Waals surface area contributed by atoms with Crippen LogP contribution in [0.3, 0.4) is 0 Å². The third-order valence-electron chi connectivity index (χ3n) is 6.63. The standard InChI is InChI=1S/C25H33N3O2/c1-17-18(2)24-22(19(3)23(17)26-20(4)29)15-25(5,30-24)16-27-11-13-28(14-12-27)21-9-7-6-8-10-21/h6-10H,11-16H2,1-5H3,(H,26,29). The molecule has 2 heterocycles. The van der Waals surface area contributed by atoms with Gasteiger partial charge in [-0.15, -0.1) is 0 Å². The summed E-state index contributed by atoms with van der Waals surface area (Å²) in [5.74, 6) is 0.989. The molecule has 1 atom stereocenters. The number of anilines is 2. The van der Waals surface area contributed by atoms with Crippen LogP contribution in [0.15, 0.2) is 30.3 Å². The van der Waals surface area contributed by atoms with E-state index in [0.717, 1.165) is 67.3 Å². The zero-order chi connectivity index (χ0) is 21.5. The SMILES string of the molecule is CC(=O)Nc1c(C)c(C)c2c(c1C)CC(C)(CN1CCN(c3ccccc3)CC1)O2. The van der Waals surface area contributed by atoms with E-state index >= 15 is 0 Å². The molecule has 0 bridgehead atoms. The minimum Gasteiger partial charge on any atom is -0.485 e. The van der Waals surface area contributed by atoms with Crippen molar-refractivity contribution in [2.24, 2.45) is 0 Å². The summed E-state index contributed by atoms with van der Waals surface area (Å²) in [6, 6.07) is 10.7. The fraction of sp³-hybridized carbons (Fsp3) is 0.480. The first kappa shape index (κ1) is 20.7. The molecule has 1 unspecified atom stereocenters. The first-order valence-electron chi connectivity index (χ1n) is 10.9. The average Bonchev–Trinajstić information content (AvgIpc) is 3.08. The van der Waals surface area contributed by atoms with Crippen molar-refractivity contribution in [3.8, 4) is 5.75 Å². The number of carbonyl (C=O) groups is 1. The zero-order valence-electron chi connectivity index (χ0n) is 18.8. The van der Waals surface area contributed by atoms with Crippen LogP contribution in [0.4, 0.5) is 11.4 Å². The molecule has 2 aliphatic heterocycles. The van der Waals surface area contributed by atoms with Crippen molar-refractivity contribution in [3.05, 3.63) is 52.6 Å². The zero-order valence-corrected chi connectivity index (χ0v) is 18.8. The Kier molecular flexibility index (Phi) is 5.49. The van der Waals surface area contributed by atoms with Gasteiger partial charge in [0.1, 0.15) is 11.4 Å². The molecule has 2 aliphatic rings. The highest BCUT2D eigenvalue weighted by Crippen LogP contribution is 2.44. The molecule has 0 aliphatic carbocycles. The normalized spacial score (nSPS) is 21.3. The van der Waals surface area contributed by atoms with Gasteiger partial charge in [0.05, 0.1) is 0 Å². The second-order valence-electron chi connectivity index (χ2n) is 9.07. The molecule has 160 valence electrons. The number of hydrogen-bond acceptors (Lipinski definition) is 4. The van der Waals surface area contributed by atoms with Crippen LogP contribution in [0.25, 0.3) is 0 Å². The third-order valence-corrected chi connectivity index (χ3v) is 6.63. The Bertz CT molecular complexity index is 949. The van der Waals surface area contributed by atoms with E-state index in [4.69, 9.17) is 4.74 Å². The minimum absolute atomic E-state index is 0.0292. The molecule has 1 fully saturated rings. The lowest BCUT2D eigenvalue weighted by atomic mass is 9.91. The number of fused-ring (bicyclic) bond motifs is 1. The van der Waals surface area contributed by atoms with Crippen molar-refractivity contribution in [2.75, 3.05) is 42.9 Å². The number of nitrogens with zero attached hydrogens (tertiary/aromatic N) is 2. The van der Waals surface area contributed by atoms with E-state index in [1.54, 1.807) is 6.92 Å². The predicted molar refractivity (Wildman–Crippen MR) is 123 cm³/mol. The monoisotopic (exact) mass is 407 g/mol. The summed E-state index contributed by atoms with van der Waals surface area (Å²) in [6.45, 7) is 15.1. The maximum atomic E-state index is 11.7. The third kappa shape index (κ3) is 3.91. The molecule has 30 heavy (non-hydrogen) atoms. The van der Waals surface area contributed by atoms with Gasteiger partial charge in [0.15, 0.2) is 0 Å². The average molecular weight is 408 g/mol. The largest absolute Gasteiger partial charge is 0.485 e. The lowest BCUT2D eigenvalue weighted by Gasteiger charge is -2.39. The summed E-state index contributed by atoms with van der Waals surface area (Å²) < 4.78 is 6.59. The second-order valence-corrected chi connectivity index (χ2v) is 9.07. The van der Waals surface area contributed by atoms with Crippen molar-refractivity contribution in [3.63, 3.8) is 0 Å². The fourth-order valence-corrected chi connectivity index (χ4v) is 4.92. The van der Waals surface area contributed by atoms with Gasteiger partial charge < -0.3 is 15.0 Å². The van der Waals surface area contributed by atoms with Crippen LogP contribution in [-0.4, -0.2) is 49.1 Å². The Morgan fingerprint density at radius 2 is 1.70 bits per heavy atom. The van der Waals surface area contributed by atoms with Crippen molar-refractivity contribution in [1.29, 1.82) is 0 Å². The van der Waals surface area contributed by atoms with Crippen molar-refractivity contribution >= 4 is 17.3 Å². The maximum absolute atomic E-state index is 11.7. The van der Waals surface area contributed by atoms with Gasteiger partial charge in [-0.25, -0.2) is 0 Å². The van der Waals surface area contributed by atoms with Crippen LogP contribution in [0.2, 0.25) is 0 Å². The molecule has 4 rings (SSSR count). The van der Waals surface area contributed by atoms with Gasteiger partial charge in [-0.3, -0.25) is 9.69 Å². The lowest BCUT2D eigenvalue weighted by Crippen LogP contribution is -2.52. The van der Waals surface area contributed by atoms with Gasteiger partial charge in [0.2, 0.25) is 5.91 Å². The first-order chi connectivity index (χ1) is 14.3. The number of carbonyl (C=O) groups excluding carboxylic acids is 1. The van der Waals surface area contributed by atoms with Gasteiger partial charge in [-0.05, 0) is 56.5 Å². The van der Waals surface area contributed by atoms with Crippen LogP contribution >= 0.6 is 0 Å². The molecule has 2 aromatic carbocycles. The number of benzene rings is 2. The number of hydrogen-bond donors (Lipinski definition) is 1. The minimum atomic E-state index is -0.242. The Morgan fingerprint density at radius 1 is 1.03 bits per heavy atom. The van der Waals surface area contributed by atoms with Gasteiger partial charge >= 0.3 is 0 Å². The second kappa shape index (κ2) is 7.95. The van der Waals surface area contributed by atoms with Crippen molar-refractivity contribution in [1.82, 2.24) is 4.90 Å². The maximum Gasteiger partial charge on any atom is 0.221 e. The molecule has 1 saturated heterocycles. The van der Waals surface area contributed by atoms with Crippen LogP contribution in [0.5, 0.6) is 5.75 Å². The number of nitrogens with one attached hydrogen (secondary N) is 1. The highest BCUT2D eigenvalue weighted by Gasteiger charge is 2.40. The van der Waals surface area contributed by atoms with Crippen molar-refractivity contribution in [2.45, 2.75) is 46.6 Å². The van der Waals surface area contributed by atoms with Gasteiger partial charge in [0, 0.05) is 63.0 Å². The quantitative estimate of drug-likeness (QED) is 0.829. The van der Waals surface area contributed by atoms with Crippen LogP contribution in [-0.2, 0) is 11.2 Å². The number of rotatable bonds is 4. The molecule has 0 spiro atoms. The summed E-state index contributed by atoms with van der Waals surface area (Å²) in [7, 11) is 0. The topological polar surface area (TPSA) is 44.8 Å². The summed E-state index contributed by atoms with van der Waals surface area (Å²) in [5.41, 5.74) is 6.63. The molecule has 0 saturated carbocycles. The Labute approximate surface area is 180 Å². The molecular weight excluding hydrogens is 374 g/mol. The summed E-state index contributed by atoms with van der Waals surface area (Å²) in [4.78, 5) is 16.7. The molecule has 1 amide bonds. The van der Waals surface area contributed by atoms with Crippen molar-refractivity contribution < 1.29 is 9.53 Å².